The van der Waals surface area contributed by atoms with Crippen LogP contribution in [0.15, 0.2) is 27.4 Å². The molecular weight excluding hydrogens is 326 g/mol. The molecule has 25 heavy (non-hydrogen) atoms. The first-order valence-corrected chi connectivity index (χ1v) is 8.38. The van der Waals surface area contributed by atoms with Gasteiger partial charge in [0, 0.05) is 19.1 Å². The van der Waals surface area contributed by atoms with Gasteiger partial charge in [-0.2, -0.15) is 0 Å². The molecule has 8 nitrogen and oxygen atoms in total. The van der Waals surface area contributed by atoms with Crippen molar-refractivity contribution in [3.05, 3.63) is 34.3 Å². The van der Waals surface area contributed by atoms with Gasteiger partial charge in [0.1, 0.15) is 0 Å². The SMILES string of the molecule is CCOC(=O)N1CCC(NC(=O)Cc2ccc3oc(=O)[nH]c3c2)CC1. The monoisotopic (exact) mass is 347 g/mol. The van der Waals surface area contributed by atoms with Gasteiger partial charge >= 0.3 is 11.8 Å². The Morgan fingerprint density at radius 1 is 1.36 bits per heavy atom. The van der Waals surface area contributed by atoms with Crippen molar-refractivity contribution in [1.82, 2.24) is 15.2 Å². The Kier molecular flexibility index (Phi) is 5.06. The zero-order valence-corrected chi connectivity index (χ0v) is 14.0. The van der Waals surface area contributed by atoms with Crippen LogP contribution in [0.4, 0.5) is 4.79 Å². The molecule has 0 bridgehead atoms. The Morgan fingerprint density at radius 2 is 2.12 bits per heavy atom. The molecule has 1 aromatic carbocycles. The first-order valence-electron chi connectivity index (χ1n) is 8.38. The van der Waals surface area contributed by atoms with Crippen LogP contribution in [0.25, 0.3) is 11.1 Å². The molecule has 8 heteroatoms. The molecule has 1 aliphatic heterocycles. The number of carbonyl (C=O) groups excluding carboxylic acids is 2. The van der Waals surface area contributed by atoms with Gasteiger partial charge < -0.3 is 19.4 Å². The fourth-order valence-corrected chi connectivity index (χ4v) is 2.99. The molecule has 1 saturated heterocycles. The van der Waals surface area contributed by atoms with Gasteiger partial charge in [0.25, 0.3) is 0 Å². The van der Waals surface area contributed by atoms with Crippen LogP contribution in [-0.4, -0.2) is 47.6 Å². The maximum Gasteiger partial charge on any atom is 0.417 e. The van der Waals surface area contributed by atoms with E-state index in [0.29, 0.717) is 43.6 Å². The fourth-order valence-electron chi connectivity index (χ4n) is 2.99. The second-order valence-electron chi connectivity index (χ2n) is 6.05. The number of nitrogens with zero attached hydrogens (tertiary/aromatic N) is 1. The van der Waals surface area contributed by atoms with E-state index >= 15 is 0 Å². The van der Waals surface area contributed by atoms with E-state index in [4.69, 9.17) is 9.15 Å². The Balaban J connectivity index is 1.51. The lowest BCUT2D eigenvalue weighted by Crippen LogP contribution is -2.47. The van der Waals surface area contributed by atoms with Gasteiger partial charge in [-0.05, 0) is 37.5 Å². The van der Waals surface area contributed by atoms with E-state index < -0.39 is 5.76 Å². The number of H-pyrrole nitrogens is 1. The molecular formula is C17H21N3O5. The van der Waals surface area contributed by atoms with Crippen molar-refractivity contribution in [3.63, 3.8) is 0 Å². The van der Waals surface area contributed by atoms with Crippen molar-refractivity contribution in [2.24, 2.45) is 0 Å². The van der Waals surface area contributed by atoms with Crippen molar-refractivity contribution in [2.75, 3.05) is 19.7 Å². The molecule has 0 radical (unpaired) electrons. The Morgan fingerprint density at radius 3 is 2.84 bits per heavy atom. The van der Waals surface area contributed by atoms with E-state index in [9.17, 15) is 14.4 Å². The van der Waals surface area contributed by atoms with Crippen molar-refractivity contribution in [3.8, 4) is 0 Å². The maximum atomic E-state index is 12.2. The third kappa shape index (κ3) is 4.20. The second-order valence-corrected chi connectivity index (χ2v) is 6.05. The highest BCUT2D eigenvalue weighted by molar-refractivity contribution is 5.81. The summed E-state index contributed by atoms with van der Waals surface area (Å²) in [5.74, 6) is -0.593. The first kappa shape index (κ1) is 17.1. The maximum absolute atomic E-state index is 12.2. The third-order valence-corrected chi connectivity index (χ3v) is 4.23. The number of rotatable bonds is 4. The Labute approximate surface area is 144 Å². The Hall–Kier alpha value is -2.77. The van der Waals surface area contributed by atoms with Crippen molar-refractivity contribution in [2.45, 2.75) is 32.2 Å². The quantitative estimate of drug-likeness (QED) is 0.870. The number of ether oxygens (including phenoxy) is 1. The summed E-state index contributed by atoms with van der Waals surface area (Å²) in [4.78, 5) is 39.3. The van der Waals surface area contributed by atoms with E-state index in [1.165, 1.54) is 0 Å². The van der Waals surface area contributed by atoms with Crippen LogP contribution in [0, 0.1) is 0 Å². The minimum atomic E-state index is -0.509. The van der Waals surface area contributed by atoms with Crippen LogP contribution in [-0.2, 0) is 16.0 Å². The second kappa shape index (κ2) is 7.42. The Bertz CT molecular complexity index is 817. The zero-order valence-electron chi connectivity index (χ0n) is 14.0. The van der Waals surface area contributed by atoms with Crippen LogP contribution in [0.3, 0.4) is 0 Å². The van der Waals surface area contributed by atoms with Crippen molar-refractivity contribution in [1.29, 1.82) is 0 Å². The third-order valence-electron chi connectivity index (χ3n) is 4.23. The first-order chi connectivity index (χ1) is 12.0. The molecule has 0 aliphatic carbocycles. The highest BCUT2D eigenvalue weighted by atomic mass is 16.6. The lowest BCUT2D eigenvalue weighted by atomic mass is 10.0. The van der Waals surface area contributed by atoms with E-state index in [1.807, 2.05) is 0 Å². The minimum absolute atomic E-state index is 0.0515. The van der Waals surface area contributed by atoms with Crippen molar-refractivity contribution >= 4 is 23.1 Å². The number of fused-ring (bicyclic) bond motifs is 1. The molecule has 3 rings (SSSR count). The number of piperidine rings is 1. The summed E-state index contributed by atoms with van der Waals surface area (Å²) in [5.41, 5.74) is 1.85. The molecule has 1 aromatic heterocycles. The van der Waals surface area contributed by atoms with E-state index in [-0.39, 0.29) is 24.5 Å². The number of nitrogens with one attached hydrogen (secondary N) is 2. The summed E-state index contributed by atoms with van der Waals surface area (Å²) in [7, 11) is 0. The van der Waals surface area contributed by atoms with Gasteiger partial charge in [0.2, 0.25) is 5.91 Å². The average molecular weight is 347 g/mol. The van der Waals surface area contributed by atoms with E-state index in [0.717, 1.165) is 5.56 Å². The molecule has 134 valence electrons. The van der Waals surface area contributed by atoms with Crippen LogP contribution < -0.4 is 11.1 Å². The van der Waals surface area contributed by atoms with Gasteiger partial charge in [-0.3, -0.25) is 9.78 Å². The number of oxazole rings is 1. The number of aromatic nitrogens is 1. The average Bonchev–Trinajstić information content (AvgIpc) is 2.95. The molecule has 2 aromatic rings. The number of amides is 2. The summed E-state index contributed by atoms with van der Waals surface area (Å²) in [6, 6.07) is 5.23. The number of benzene rings is 1. The smallest absolute Gasteiger partial charge is 0.417 e. The molecule has 2 heterocycles. The highest BCUT2D eigenvalue weighted by Crippen LogP contribution is 2.14. The van der Waals surface area contributed by atoms with Crippen LogP contribution in [0.5, 0.6) is 0 Å². The van der Waals surface area contributed by atoms with Crippen LogP contribution in [0.2, 0.25) is 0 Å². The lowest BCUT2D eigenvalue weighted by molar-refractivity contribution is -0.121. The van der Waals surface area contributed by atoms with E-state index in [2.05, 4.69) is 10.3 Å². The van der Waals surface area contributed by atoms with E-state index in [1.54, 1.807) is 30.0 Å². The molecule has 2 N–H and O–H groups in total. The normalized spacial score (nSPS) is 15.3. The predicted octanol–water partition coefficient (Wildman–Crippen LogP) is 1.40. The largest absolute Gasteiger partial charge is 0.450 e. The summed E-state index contributed by atoms with van der Waals surface area (Å²) in [6.45, 7) is 3.29. The minimum Gasteiger partial charge on any atom is -0.450 e. The molecule has 0 spiro atoms. The highest BCUT2D eigenvalue weighted by Gasteiger charge is 2.24. The number of hydrogen-bond donors (Lipinski definition) is 2. The number of likely N-dealkylation sites (tertiary alicyclic amines) is 1. The van der Waals surface area contributed by atoms with Gasteiger partial charge in [-0.15, -0.1) is 0 Å². The van der Waals surface area contributed by atoms with Crippen molar-refractivity contribution < 1.29 is 18.7 Å². The molecule has 0 atom stereocenters. The van der Waals surface area contributed by atoms with Crippen LogP contribution >= 0.6 is 0 Å². The molecule has 1 fully saturated rings. The van der Waals surface area contributed by atoms with Gasteiger partial charge in [0.05, 0.1) is 18.5 Å². The predicted molar refractivity (Wildman–Crippen MR) is 90.3 cm³/mol. The zero-order chi connectivity index (χ0) is 17.8. The number of hydrogen-bond acceptors (Lipinski definition) is 5. The summed E-state index contributed by atoms with van der Waals surface area (Å²) in [5, 5.41) is 3.00. The molecule has 0 unspecified atom stereocenters. The topological polar surface area (TPSA) is 105 Å². The molecule has 0 saturated carbocycles. The standard InChI is InChI=1S/C17H21N3O5/c1-2-24-17(23)20-7-5-12(6-8-20)18-15(21)10-11-3-4-14-13(9-11)19-16(22)25-14/h3-4,9,12H,2,5-8,10H2,1H3,(H,18,21)(H,19,22). The van der Waals surface area contributed by atoms with Gasteiger partial charge in [0.15, 0.2) is 5.58 Å². The summed E-state index contributed by atoms with van der Waals surface area (Å²) >= 11 is 0. The fraction of sp³-hybridized carbons (Fsp3) is 0.471. The summed E-state index contributed by atoms with van der Waals surface area (Å²) in [6.07, 6.45) is 1.34. The van der Waals surface area contributed by atoms with Gasteiger partial charge in [-0.25, -0.2) is 9.59 Å². The number of carbonyl (C=O) groups is 2. The number of aromatic amines is 1. The molecule has 1 aliphatic rings. The lowest BCUT2D eigenvalue weighted by Gasteiger charge is -2.31. The summed E-state index contributed by atoms with van der Waals surface area (Å²) < 4.78 is 9.92. The molecule has 2 amide bonds. The van der Waals surface area contributed by atoms with Gasteiger partial charge in [-0.1, -0.05) is 6.07 Å². The van der Waals surface area contributed by atoms with Crippen LogP contribution in [0.1, 0.15) is 25.3 Å².